The first-order valence-electron chi connectivity index (χ1n) is 6.31. The molecular weight excluding hydrogens is 296 g/mol. The van der Waals surface area contributed by atoms with E-state index in [4.69, 9.17) is 5.73 Å². The maximum absolute atomic E-state index is 12.1. The molecule has 1 aromatic heterocycles. The standard InChI is InChI=1S/C12H16N4O4S/c1-7(13)4-5-14-21(19,20)8-2-3-10-9(6-8)11(17)16-12(18)15-10/h2-3,6-7,14H,4-5,13H2,1H3,(H2,15,16,17,18). The minimum Gasteiger partial charge on any atom is -0.328 e. The van der Waals surface area contributed by atoms with Crippen LogP contribution >= 0.6 is 0 Å². The van der Waals surface area contributed by atoms with E-state index in [1.807, 2.05) is 0 Å². The van der Waals surface area contributed by atoms with Crippen LogP contribution < -0.4 is 21.7 Å². The van der Waals surface area contributed by atoms with Gasteiger partial charge in [0.1, 0.15) is 0 Å². The van der Waals surface area contributed by atoms with Crippen LogP contribution in [0.5, 0.6) is 0 Å². The summed E-state index contributed by atoms with van der Waals surface area (Å²) in [5.74, 6) is 0. The number of benzene rings is 1. The molecule has 1 atom stereocenters. The Kier molecular flexibility index (Phi) is 4.26. The highest BCUT2D eigenvalue weighted by atomic mass is 32.2. The summed E-state index contributed by atoms with van der Waals surface area (Å²) in [4.78, 5) is 27.2. The second-order valence-corrected chi connectivity index (χ2v) is 6.55. The Morgan fingerprint density at radius 2 is 2.00 bits per heavy atom. The molecule has 0 saturated heterocycles. The summed E-state index contributed by atoms with van der Waals surface area (Å²) in [5.41, 5.74) is 4.55. The molecule has 114 valence electrons. The molecule has 0 aliphatic carbocycles. The van der Waals surface area contributed by atoms with E-state index < -0.39 is 21.3 Å². The third-order valence-corrected chi connectivity index (χ3v) is 4.37. The highest BCUT2D eigenvalue weighted by Gasteiger charge is 2.15. The number of aromatic amines is 2. The first-order chi connectivity index (χ1) is 9.79. The number of nitrogens with one attached hydrogen (secondary N) is 3. The molecule has 0 spiro atoms. The summed E-state index contributed by atoms with van der Waals surface area (Å²) in [6.45, 7) is 1.99. The van der Waals surface area contributed by atoms with Gasteiger partial charge >= 0.3 is 5.69 Å². The van der Waals surface area contributed by atoms with Crippen LogP contribution in [0.15, 0.2) is 32.7 Å². The lowest BCUT2D eigenvalue weighted by Gasteiger charge is -2.08. The third kappa shape index (κ3) is 3.57. The van der Waals surface area contributed by atoms with Crippen molar-refractivity contribution in [1.82, 2.24) is 14.7 Å². The van der Waals surface area contributed by atoms with Crippen molar-refractivity contribution in [3.63, 3.8) is 0 Å². The van der Waals surface area contributed by atoms with E-state index in [2.05, 4.69) is 14.7 Å². The van der Waals surface area contributed by atoms with Gasteiger partial charge in [-0.25, -0.2) is 17.9 Å². The van der Waals surface area contributed by atoms with Gasteiger partial charge in [0, 0.05) is 12.6 Å². The summed E-state index contributed by atoms with van der Waals surface area (Å²) < 4.78 is 26.6. The molecule has 0 saturated carbocycles. The van der Waals surface area contributed by atoms with Gasteiger partial charge < -0.3 is 10.7 Å². The average Bonchev–Trinajstić information content (AvgIpc) is 2.37. The Bertz CT molecular complexity index is 867. The van der Waals surface area contributed by atoms with Crippen LogP contribution in [-0.4, -0.2) is 31.0 Å². The Morgan fingerprint density at radius 1 is 1.29 bits per heavy atom. The Hall–Kier alpha value is -1.97. The van der Waals surface area contributed by atoms with Crippen LogP contribution in [0.25, 0.3) is 10.9 Å². The molecule has 0 aliphatic rings. The highest BCUT2D eigenvalue weighted by molar-refractivity contribution is 7.89. The smallest absolute Gasteiger partial charge is 0.326 e. The zero-order valence-electron chi connectivity index (χ0n) is 11.3. The summed E-state index contributed by atoms with van der Waals surface area (Å²) in [7, 11) is -3.72. The Labute approximate surface area is 120 Å². The molecule has 9 heteroatoms. The molecule has 1 unspecified atom stereocenters. The number of fused-ring (bicyclic) bond motifs is 1. The number of nitrogens with two attached hydrogens (primary N) is 1. The Balaban J connectivity index is 2.38. The number of rotatable bonds is 5. The van der Waals surface area contributed by atoms with E-state index in [9.17, 15) is 18.0 Å². The number of sulfonamides is 1. The van der Waals surface area contributed by atoms with E-state index in [1.54, 1.807) is 6.92 Å². The van der Waals surface area contributed by atoms with Crippen LogP contribution in [-0.2, 0) is 10.0 Å². The molecule has 0 bridgehead atoms. The number of hydrogen-bond donors (Lipinski definition) is 4. The normalized spacial score (nSPS) is 13.4. The van der Waals surface area contributed by atoms with Gasteiger partial charge in [0.25, 0.3) is 5.56 Å². The summed E-state index contributed by atoms with van der Waals surface area (Å²) >= 11 is 0. The monoisotopic (exact) mass is 312 g/mol. The van der Waals surface area contributed by atoms with Gasteiger partial charge in [0.05, 0.1) is 15.8 Å². The van der Waals surface area contributed by atoms with Crippen LogP contribution in [0.3, 0.4) is 0 Å². The first-order valence-corrected chi connectivity index (χ1v) is 7.79. The van der Waals surface area contributed by atoms with Crippen molar-refractivity contribution in [2.75, 3.05) is 6.54 Å². The van der Waals surface area contributed by atoms with E-state index in [-0.39, 0.29) is 28.4 Å². The SMILES string of the molecule is CC(N)CCNS(=O)(=O)c1ccc2[nH]c(=O)[nH]c(=O)c2c1. The molecule has 0 radical (unpaired) electrons. The average molecular weight is 312 g/mol. The van der Waals surface area contributed by atoms with Crippen LogP contribution in [0, 0.1) is 0 Å². The van der Waals surface area contributed by atoms with Gasteiger partial charge in [0.2, 0.25) is 10.0 Å². The molecule has 21 heavy (non-hydrogen) atoms. The number of aromatic nitrogens is 2. The van der Waals surface area contributed by atoms with E-state index in [1.165, 1.54) is 18.2 Å². The largest absolute Gasteiger partial charge is 0.328 e. The predicted molar refractivity (Wildman–Crippen MR) is 78.6 cm³/mol. The van der Waals surface area contributed by atoms with Crippen molar-refractivity contribution in [2.24, 2.45) is 5.73 Å². The van der Waals surface area contributed by atoms with Gasteiger partial charge in [-0.05, 0) is 31.5 Å². The first kappa shape index (κ1) is 15.4. The fourth-order valence-electron chi connectivity index (χ4n) is 1.82. The third-order valence-electron chi connectivity index (χ3n) is 2.91. The summed E-state index contributed by atoms with van der Waals surface area (Å²) in [6, 6.07) is 3.81. The van der Waals surface area contributed by atoms with Crippen molar-refractivity contribution < 1.29 is 8.42 Å². The Morgan fingerprint density at radius 3 is 2.67 bits per heavy atom. The topological polar surface area (TPSA) is 138 Å². The minimum atomic E-state index is -3.72. The molecule has 1 aromatic carbocycles. The molecule has 8 nitrogen and oxygen atoms in total. The quantitative estimate of drug-likeness (QED) is 0.574. The minimum absolute atomic E-state index is 0.0442. The lowest BCUT2D eigenvalue weighted by atomic mass is 10.2. The van der Waals surface area contributed by atoms with Crippen LogP contribution in [0.4, 0.5) is 0 Å². The van der Waals surface area contributed by atoms with Crippen LogP contribution in [0.1, 0.15) is 13.3 Å². The van der Waals surface area contributed by atoms with Crippen molar-refractivity contribution in [3.8, 4) is 0 Å². The fourth-order valence-corrected chi connectivity index (χ4v) is 2.89. The maximum Gasteiger partial charge on any atom is 0.326 e. The number of hydrogen-bond acceptors (Lipinski definition) is 5. The zero-order valence-corrected chi connectivity index (χ0v) is 12.2. The number of H-pyrrole nitrogens is 2. The molecule has 2 rings (SSSR count). The van der Waals surface area contributed by atoms with Gasteiger partial charge in [0.15, 0.2) is 0 Å². The molecule has 0 fully saturated rings. The molecule has 1 heterocycles. The van der Waals surface area contributed by atoms with E-state index >= 15 is 0 Å². The van der Waals surface area contributed by atoms with Crippen LogP contribution in [0.2, 0.25) is 0 Å². The van der Waals surface area contributed by atoms with Gasteiger partial charge in [-0.3, -0.25) is 9.78 Å². The molecule has 0 aliphatic heterocycles. The van der Waals surface area contributed by atoms with Crippen molar-refractivity contribution >= 4 is 20.9 Å². The molecule has 2 aromatic rings. The molecule has 0 amide bonds. The predicted octanol–water partition coefficient (Wildman–Crippen LogP) is -0.768. The van der Waals surface area contributed by atoms with E-state index in [0.29, 0.717) is 6.42 Å². The second kappa shape index (κ2) is 5.80. The summed E-state index contributed by atoms with van der Waals surface area (Å²) in [5, 5.41) is 0.102. The second-order valence-electron chi connectivity index (χ2n) is 4.78. The zero-order chi connectivity index (χ0) is 15.6. The van der Waals surface area contributed by atoms with Gasteiger partial charge in [-0.1, -0.05) is 0 Å². The lowest BCUT2D eigenvalue weighted by molar-refractivity contribution is 0.572. The van der Waals surface area contributed by atoms with Crippen molar-refractivity contribution in [1.29, 1.82) is 0 Å². The summed E-state index contributed by atoms with van der Waals surface area (Å²) in [6.07, 6.45) is 0.501. The van der Waals surface area contributed by atoms with Gasteiger partial charge in [-0.2, -0.15) is 0 Å². The van der Waals surface area contributed by atoms with E-state index in [0.717, 1.165) is 0 Å². The van der Waals surface area contributed by atoms with Crippen molar-refractivity contribution in [3.05, 3.63) is 39.0 Å². The highest BCUT2D eigenvalue weighted by Crippen LogP contribution is 2.13. The lowest BCUT2D eigenvalue weighted by Crippen LogP contribution is -2.29. The molecule has 5 N–H and O–H groups in total. The van der Waals surface area contributed by atoms with Gasteiger partial charge in [-0.15, -0.1) is 0 Å². The van der Waals surface area contributed by atoms with Crippen molar-refractivity contribution in [2.45, 2.75) is 24.3 Å². The maximum atomic E-state index is 12.1. The fraction of sp³-hybridized carbons (Fsp3) is 0.333. The molecular formula is C12H16N4O4S.